The maximum atomic E-state index is 6.98. The molecule has 0 atom stereocenters. The minimum atomic E-state index is -2.94. The summed E-state index contributed by atoms with van der Waals surface area (Å²) in [7, 11) is -2.94. The van der Waals surface area contributed by atoms with Crippen LogP contribution in [-0.2, 0) is 0 Å². The molecule has 1 heteroatoms. The number of rotatable bonds is 4. The molecule has 0 unspecified atom stereocenters. The standard InChI is InChI=1S/C5H14Si/c1-2-3-4-5-6/h2-5H2,1,6H3/i6T3. The number of unbranched alkanes of at least 4 members (excludes halogenated alkanes) is 2. The zero-order valence-corrected chi connectivity index (χ0v) is 5.33. The molecular formula is C5H14Si. The molecule has 0 amide bonds. The molecule has 38 valence electrons. The normalized spacial score (nSPS) is 18.5. The van der Waals surface area contributed by atoms with E-state index < -0.39 is 10.0 Å². The highest BCUT2D eigenvalue weighted by molar-refractivity contribution is 6.08. The number of hydrogen-bond acceptors (Lipinski definition) is 0. The van der Waals surface area contributed by atoms with Gasteiger partial charge in [-0.2, -0.15) is 0 Å². The fourth-order valence-corrected chi connectivity index (χ4v) is 0.625. The zero-order chi connectivity index (χ0) is 7.33. The Hall–Kier alpha value is 0.217. The molecule has 6 heavy (non-hydrogen) atoms. The van der Waals surface area contributed by atoms with Gasteiger partial charge in [-0.15, -0.1) is 0 Å². The van der Waals surface area contributed by atoms with E-state index in [1.54, 1.807) is 0 Å². The smallest absolute Gasteiger partial charge is 0.00729 e. The van der Waals surface area contributed by atoms with E-state index >= 15 is 0 Å². The first kappa shape index (κ1) is 2.51. The third kappa shape index (κ3) is 4.22. The minimum Gasteiger partial charge on any atom is -0.0658 e. The average molecular weight is 108 g/mol. The third-order valence-electron chi connectivity index (χ3n) is 0.780. The Bertz CT molecular complexity index is 69.1. The predicted octanol–water partition coefficient (Wildman–Crippen LogP) is 0.960. The van der Waals surface area contributed by atoms with Crippen molar-refractivity contribution < 1.29 is 0 Å². The van der Waals surface area contributed by atoms with Crippen LogP contribution in [0.15, 0.2) is 0 Å². The molecule has 0 bridgehead atoms. The van der Waals surface area contributed by atoms with Crippen LogP contribution in [0.5, 0.6) is 0 Å². The molecule has 0 aliphatic rings. The van der Waals surface area contributed by atoms with Crippen molar-refractivity contribution in [3.05, 3.63) is 0 Å². The van der Waals surface area contributed by atoms with Crippen LogP contribution in [0.3, 0.4) is 0 Å². The zero-order valence-electron chi connectivity index (χ0n) is 7.33. The minimum absolute atomic E-state index is 0.515. The largest absolute Gasteiger partial charge is 0.0658 e. The Morgan fingerprint density at radius 2 is 2.50 bits per heavy atom. The lowest BCUT2D eigenvalue weighted by Gasteiger charge is -1.86. The van der Waals surface area contributed by atoms with Crippen LogP contribution in [0, 0.1) is 0 Å². The Labute approximate surface area is 47.0 Å². The van der Waals surface area contributed by atoms with Gasteiger partial charge in [0.15, 0.2) is 0 Å². The van der Waals surface area contributed by atoms with E-state index in [0.717, 1.165) is 19.3 Å². The average Bonchev–Trinajstić information content (AvgIpc) is 1.63. The lowest BCUT2D eigenvalue weighted by Crippen LogP contribution is -1.69. The molecule has 0 fully saturated rings. The van der Waals surface area contributed by atoms with E-state index in [1.807, 2.05) is 0 Å². The summed E-state index contributed by atoms with van der Waals surface area (Å²) < 4.78 is 20.9. The molecule has 0 rings (SSSR count). The summed E-state index contributed by atoms with van der Waals surface area (Å²) in [5.74, 6) is 0. The van der Waals surface area contributed by atoms with Crippen molar-refractivity contribution >= 4 is 10.0 Å². The third-order valence-corrected chi connectivity index (χ3v) is 1.13. The fraction of sp³-hybridized carbons (Fsp3) is 1.00. The van der Waals surface area contributed by atoms with Crippen LogP contribution < -0.4 is 0 Å². The first-order valence-corrected chi connectivity index (χ1v) is 3.27. The highest BCUT2D eigenvalue weighted by Gasteiger charge is 1.75. The highest BCUT2D eigenvalue weighted by Crippen LogP contribution is 1.94. The van der Waals surface area contributed by atoms with Gasteiger partial charge in [0.1, 0.15) is 0 Å². The van der Waals surface area contributed by atoms with E-state index in [4.69, 9.17) is 3.70 Å². The van der Waals surface area contributed by atoms with Crippen molar-refractivity contribution in [2.24, 2.45) is 0 Å². The van der Waals surface area contributed by atoms with Gasteiger partial charge in [0.2, 0.25) is 0 Å². The Kier molecular flexibility index (Phi) is 2.18. The first-order valence-electron chi connectivity index (χ1n) is 4.06. The second kappa shape index (κ2) is 5.22. The van der Waals surface area contributed by atoms with Crippen LogP contribution in [0.1, 0.15) is 26.2 Å². The van der Waals surface area contributed by atoms with Crippen LogP contribution in [0.4, 0.5) is 0 Å². The Morgan fingerprint density at radius 1 is 1.67 bits per heavy atom. The van der Waals surface area contributed by atoms with Crippen molar-refractivity contribution in [3.8, 4) is 0 Å². The second-order valence-electron chi connectivity index (χ2n) is 1.46. The van der Waals surface area contributed by atoms with Gasteiger partial charge >= 0.3 is 0 Å². The summed E-state index contributed by atoms with van der Waals surface area (Å²) in [6.45, 7) is 2.08. The quantitative estimate of drug-likeness (QED) is 0.372. The monoisotopic (exact) mass is 108 g/mol. The molecule has 0 heterocycles. The summed E-state index contributed by atoms with van der Waals surface area (Å²) in [5, 5.41) is 0. The lowest BCUT2D eigenvalue weighted by atomic mass is 10.3. The highest BCUT2D eigenvalue weighted by atomic mass is 28.1. The molecule has 0 spiro atoms. The van der Waals surface area contributed by atoms with Crippen molar-refractivity contribution in [2.75, 3.05) is 0 Å². The van der Waals surface area contributed by atoms with Crippen molar-refractivity contribution in [2.45, 2.75) is 32.2 Å². The lowest BCUT2D eigenvalue weighted by molar-refractivity contribution is 0.771. The van der Waals surface area contributed by atoms with E-state index in [0.29, 0.717) is 6.04 Å². The molecule has 0 radical (unpaired) electrons. The van der Waals surface area contributed by atoms with Gasteiger partial charge in [-0.25, -0.2) is 0 Å². The molecule has 0 aromatic rings. The molecule has 0 aliphatic carbocycles. The van der Waals surface area contributed by atoms with Crippen LogP contribution >= 0.6 is 0 Å². The Morgan fingerprint density at radius 3 is 3.00 bits per heavy atom. The van der Waals surface area contributed by atoms with Crippen LogP contribution in [0.2, 0.25) is 6.04 Å². The van der Waals surface area contributed by atoms with Gasteiger partial charge in [0.25, 0.3) is 0 Å². The van der Waals surface area contributed by atoms with Gasteiger partial charge < -0.3 is 0 Å². The van der Waals surface area contributed by atoms with Crippen molar-refractivity contribution in [3.63, 3.8) is 0 Å². The molecule has 0 aromatic carbocycles. The van der Waals surface area contributed by atoms with Crippen LogP contribution in [0.25, 0.3) is 0 Å². The molecule has 0 N–H and O–H groups in total. The molecule has 0 saturated carbocycles. The van der Waals surface area contributed by atoms with Gasteiger partial charge in [0, 0.05) is 13.7 Å². The summed E-state index contributed by atoms with van der Waals surface area (Å²) in [5.41, 5.74) is 0. The predicted molar refractivity (Wildman–Crippen MR) is 34.3 cm³/mol. The van der Waals surface area contributed by atoms with Crippen LogP contribution in [-0.4, -0.2) is 13.7 Å². The molecule has 0 nitrogen and oxygen atoms in total. The summed E-state index contributed by atoms with van der Waals surface area (Å²) >= 11 is 0. The van der Waals surface area contributed by atoms with E-state index in [1.165, 1.54) is 0 Å². The van der Waals surface area contributed by atoms with E-state index in [-0.39, 0.29) is 0 Å². The maximum absolute atomic E-state index is 6.98. The van der Waals surface area contributed by atoms with E-state index in [2.05, 4.69) is 6.92 Å². The second-order valence-corrected chi connectivity index (χ2v) is 1.96. The molecule has 0 aromatic heterocycles. The van der Waals surface area contributed by atoms with E-state index in [9.17, 15) is 0 Å². The number of hydrogen-bond donors (Lipinski definition) is 0. The van der Waals surface area contributed by atoms with Crippen molar-refractivity contribution in [1.29, 1.82) is 3.70 Å². The Balaban J connectivity index is 3.07. The maximum Gasteiger partial charge on any atom is 0.00729 e. The summed E-state index contributed by atoms with van der Waals surface area (Å²) in [6.07, 6.45) is 3.09. The van der Waals surface area contributed by atoms with Gasteiger partial charge in [-0.3, -0.25) is 0 Å². The molecule has 0 saturated heterocycles. The summed E-state index contributed by atoms with van der Waals surface area (Å²) in [6, 6.07) is 0.515. The SMILES string of the molecule is [3H][Si]([3H])([3H])CCCCC. The van der Waals surface area contributed by atoms with Gasteiger partial charge in [-0.05, 0) is 0 Å². The fourth-order valence-electron chi connectivity index (χ4n) is 0.375. The molecule has 0 aliphatic heterocycles. The summed E-state index contributed by atoms with van der Waals surface area (Å²) in [4.78, 5) is 0. The first-order chi connectivity index (χ1) is 4.06. The molecular weight excluding hydrogens is 88.1 g/mol. The van der Waals surface area contributed by atoms with Crippen molar-refractivity contribution in [1.82, 2.24) is 0 Å². The van der Waals surface area contributed by atoms with Gasteiger partial charge in [-0.1, -0.05) is 32.2 Å². The topological polar surface area (TPSA) is 0 Å². The van der Waals surface area contributed by atoms with Gasteiger partial charge in [0.05, 0.1) is 0 Å².